The number of piperidine rings is 1. The molecule has 0 atom stereocenters. The summed E-state index contributed by atoms with van der Waals surface area (Å²) in [5.74, 6) is 1.39. The van der Waals surface area contributed by atoms with E-state index in [9.17, 15) is 0 Å². The van der Waals surface area contributed by atoms with Crippen molar-refractivity contribution < 1.29 is 0 Å². The smallest absolute Gasteiger partial charge is 0.231 e. The monoisotopic (exact) mass is 444 g/mol. The van der Waals surface area contributed by atoms with E-state index in [0.29, 0.717) is 12.0 Å². The van der Waals surface area contributed by atoms with Gasteiger partial charge in [0.2, 0.25) is 11.9 Å². The molecule has 32 heavy (non-hydrogen) atoms. The van der Waals surface area contributed by atoms with E-state index >= 15 is 0 Å². The van der Waals surface area contributed by atoms with E-state index in [1.54, 1.807) is 6.33 Å². The van der Waals surface area contributed by atoms with Gasteiger partial charge in [0.1, 0.15) is 6.33 Å². The van der Waals surface area contributed by atoms with Gasteiger partial charge in [-0.2, -0.15) is 4.98 Å². The lowest BCUT2D eigenvalue weighted by Gasteiger charge is -2.54. The summed E-state index contributed by atoms with van der Waals surface area (Å²) in [6, 6.07) is 0.336. The van der Waals surface area contributed by atoms with Crippen molar-refractivity contribution in [3.05, 3.63) is 6.33 Å². The van der Waals surface area contributed by atoms with Gasteiger partial charge in [-0.05, 0) is 85.3 Å². The van der Waals surface area contributed by atoms with Crippen molar-refractivity contribution in [2.24, 2.45) is 10.4 Å². The van der Waals surface area contributed by atoms with E-state index in [-0.39, 0.29) is 22.0 Å². The topological polar surface area (TPSA) is 66.3 Å². The molecule has 0 bridgehead atoms. The molecule has 0 radical (unpaired) electrons. The lowest BCUT2D eigenvalue weighted by molar-refractivity contribution is 0.217. The van der Waals surface area contributed by atoms with Gasteiger partial charge < -0.3 is 10.2 Å². The standard InChI is InChI=1S/C26H48N6/c1-11-12-13-14-15-27-20-16-25(7,8)32(26(9,10)17-20)22-29-19-28-21(30-22)31-24(5,6)18-23(2,3)4/h15,19-20H,11-14,16-18H2,1-10H3,(H,28,29,30,31). The molecule has 2 rings (SSSR count). The summed E-state index contributed by atoms with van der Waals surface area (Å²) in [5.41, 5.74) is -0.101. The SMILES string of the molecule is CCCCCC=NC1CC(C)(C)N(c2ncnc(NC(C)(C)CC(C)(C)C)n2)C(C)(C)C1. The van der Waals surface area contributed by atoms with Crippen molar-refractivity contribution in [2.45, 2.75) is 137 Å². The highest BCUT2D eigenvalue weighted by molar-refractivity contribution is 5.57. The lowest BCUT2D eigenvalue weighted by atomic mass is 9.77. The summed E-state index contributed by atoms with van der Waals surface area (Å²) in [7, 11) is 0. The Morgan fingerprint density at radius 3 is 2.25 bits per heavy atom. The molecule has 1 aliphatic heterocycles. The van der Waals surface area contributed by atoms with Crippen molar-refractivity contribution in [1.82, 2.24) is 15.0 Å². The molecule has 182 valence electrons. The molecule has 1 saturated heterocycles. The van der Waals surface area contributed by atoms with Gasteiger partial charge in [-0.3, -0.25) is 4.99 Å². The van der Waals surface area contributed by atoms with Crippen LogP contribution in [0.25, 0.3) is 0 Å². The van der Waals surface area contributed by atoms with E-state index < -0.39 is 0 Å². The van der Waals surface area contributed by atoms with Crippen LogP contribution in [0.1, 0.15) is 114 Å². The predicted molar refractivity (Wildman–Crippen MR) is 138 cm³/mol. The van der Waals surface area contributed by atoms with E-state index in [1.807, 2.05) is 0 Å². The Morgan fingerprint density at radius 1 is 1.06 bits per heavy atom. The highest BCUT2D eigenvalue weighted by Crippen LogP contribution is 2.41. The molecule has 1 N–H and O–H groups in total. The van der Waals surface area contributed by atoms with E-state index in [0.717, 1.165) is 31.6 Å². The lowest BCUT2D eigenvalue weighted by Crippen LogP contribution is -2.62. The van der Waals surface area contributed by atoms with Gasteiger partial charge in [0.15, 0.2) is 0 Å². The molecule has 2 heterocycles. The van der Waals surface area contributed by atoms with Crippen LogP contribution < -0.4 is 10.2 Å². The molecule has 1 aromatic heterocycles. The number of rotatable bonds is 9. The van der Waals surface area contributed by atoms with Crippen LogP contribution >= 0.6 is 0 Å². The number of hydrogen-bond acceptors (Lipinski definition) is 6. The minimum atomic E-state index is -0.110. The largest absolute Gasteiger partial charge is 0.349 e. The van der Waals surface area contributed by atoms with Crippen LogP contribution in [0.15, 0.2) is 11.3 Å². The second kappa shape index (κ2) is 10.0. The zero-order chi connectivity index (χ0) is 24.2. The Hall–Kier alpha value is -1.72. The average Bonchev–Trinajstić information content (AvgIpc) is 2.57. The molecule has 0 unspecified atom stereocenters. The Morgan fingerprint density at radius 2 is 1.69 bits per heavy atom. The zero-order valence-corrected chi connectivity index (χ0v) is 22.4. The molecule has 6 heteroatoms. The van der Waals surface area contributed by atoms with Gasteiger partial charge in [-0.25, -0.2) is 9.97 Å². The number of aliphatic imine (C=N–C) groups is 1. The van der Waals surface area contributed by atoms with Crippen LogP contribution in [0.5, 0.6) is 0 Å². The molecule has 0 aromatic carbocycles. The summed E-state index contributed by atoms with van der Waals surface area (Å²) in [6.45, 7) is 22.6. The number of nitrogens with one attached hydrogen (secondary N) is 1. The Bertz CT molecular complexity index is 742. The first-order chi connectivity index (χ1) is 14.7. The van der Waals surface area contributed by atoms with Crippen LogP contribution in [0.4, 0.5) is 11.9 Å². The fourth-order valence-corrected chi connectivity index (χ4v) is 5.71. The Balaban J connectivity index is 2.20. The third-order valence-corrected chi connectivity index (χ3v) is 6.12. The Labute approximate surface area is 197 Å². The zero-order valence-electron chi connectivity index (χ0n) is 22.4. The van der Waals surface area contributed by atoms with Crippen LogP contribution in [0.2, 0.25) is 0 Å². The third-order valence-electron chi connectivity index (χ3n) is 6.12. The molecular formula is C26H48N6. The summed E-state index contributed by atoms with van der Waals surface area (Å²) < 4.78 is 0. The summed E-state index contributed by atoms with van der Waals surface area (Å²) in [6.07, 6.45) is 11.6. The van der Waals surface area contributed by atoms with Crippen LogP contribution in [-0.2, 0) is 0 Å². The number of hydrogen-bond donors (Lipinski definition) is 1. The first kappa shape index (κ1) is 26.5. The maximum Gasteiger partial charge on any atom is 0.231 e. The number of nitrogens with zero attached hydrogens (tertiary/aromatic N) is 5. The van der Waals surface area contributed by atoms with Crippen LogP contribution in [-0.4, -0.2) is 43.8 Å². The predicted octanol–water partition coefficient (Wildman–Crippen LogP) is 6.68. The first-order valence-corrected chi connectivity index (χ1v) is 12.4. The Kier molecular flexibility index (Phi) is 8.33. The van der Waals surface area contributed by atoms with Crippen molar-refractivity contribution in [3.63, 3.8) is 0 Å². The molecule has 6 nitrogen and oxygen atoms in total. The molecular weight excluding hydrogens is 396 g/mol. The molecule has 1 aliphatic rings. The molecule has 0 aliphatic carbocycles. The second-order valence-corrected chi connectivity index (χ2v) is 12.7. The van der Waals surface area contributed by atoms with E-state index in [4.69, 9.17) is 9.98 Å². The number of aromatic nitrogens is 3. The summed E-state index contributed by atoms with van der Waals surface area (Å²) in [5, 5.41) is 3.55. The number of anilines is 2. The van der Waals surface area contributed by atoms with Gasteiger partial charge in [-0.15, -0.1) is 0 Å². The van der Waals surface area contributed by atoms with E-state index in [2.05, 4.69) is 95.6 Å². The fraction of sp³-hybridized carbons (Fsp3) is 0.846. The van der Waals surface area contributed by atoms with Crippen molar-refractivity contribution >= 4 is 18.1 Å². The summed E-state index contributed by atoms with van der Waals surface area (Å²) >= 11 is 0. The fourth-order valence-electron chi connectivity index (χ4n) is 5.71. The minimum absolute atomic E-state index is 0.104. The van der Waals surface area contributed by atoms with Gasteiger partial charge in [0, 0.05) is 16.6 Å². The van der Waals surface area contributed by atoms with Crippen LogP contribution in [0, 0.1) is 5.41 Å². The van der Waals surface area contributed by atoms with Gasteiger partial charge >= 0.3 is 0 Å². The maximum absolute atomic E-state index is 4.96. The summed E-state index contributed by atoms with van der Waals surface area (Å²) in [4.78, 5) is 21.3. The number of unbranched alkanes of at least 4 members (excludes halogenated alkanes) is 3. The maximum atomic E-state index is 4.96. The molecule has 1 fully saturated rings. The van der Waals surface area contributed by atoms with Gasteiger partial charge in [-0.1, -0.05) is 40.5 Å². The van der Waals surface area contributed by atoms with Gasteiger partial charge in [0.25, 0.3) is 0 Å². The minimum Gasteiger partial charge on any atom is -0.349 e. The molecule has 1 aromatic rings. The van der Waals surface area contributed by atoms with Crippen molar-refractivity contribution in [1.29, 1.82) is 0 Å². The highest BCUT2D eigenvalue weighted by Gasteiger charge is 2.46. The molecule has 0 spiro atoms. The molecule has 0 amide bonds. The van der Waals surface area contributed by atoms with Crippen molar-refractivity contribution in [3.8, 4) is 0 Å². The molecule has 0 saturated carbocycles. The average molecular weight is 445 g/mol. The van der Waals surface area contributed by atoms with E-state index in [1.165, 1.54) is 19.3 Å². The second-order valence-electron chi connectivity index (χ2n) is 12.7. The van der Waals surface area contributed by atoms with Crippen LogP contribution in [0.3, 0.4) is 0 Å². The first-order valence-electron chi connectivity index (χ1n) is 12.4. The highest BCUT2D eigenvalue weighted by atomic mass is 15.4. The normalized spacial score (nSPS) is 19.5. The quantitative estimate of drug-likeness (QED) is 0.340. The van der Waals surface area contributed by atoms with Gasteiger partial charge in [0.05, 0.1) is 6.04 Å². The van der Waals surface area contributed by atoms with Crippen molar-refractivity contribution in [2.75, 3.05) is 10.2 Å². The third kappa shape index (κ3) is 7.70.